The number of nitrogens with one attached hydrogen (secondary N) is 1. The maximum atomic E-state index is 10.8. The quantitative estimate of drug-likeness (QED) is 0.612. The summed E-state index contributed by atoms with van der Waals surface area (Å²) >= 11 is 1.71. The number of nitro groups is 1. The van der Waals surface area contributed by atoms with Gasteiger partial charge in [-0.1, -0.05) is 6.92 Å². The van der Waals surface area contributed by atoms with Crippen molar-refractivity contribution in [3.05, 3.63) is 28.4 Å². The Balaban J connectivity index is 2.82. The van der Waals surface area contributed by atoms with Gasteiger partial charge >= 0.3 is 5.69 Å². The van der Waals surface area contributed by atoms with Crippen molar-refractivity contribution in [2.24, 2.45) is 0 Å². The Bertz CT molecular complexity index is 360. The minimum Gasteiger partial charge on any atom is -0.361 e. The number of hydrogen-bond donors (Lipinski definition) is 1. The summed E-state index contributed by atoms with van der Waals surface area (Å²) in [4.78, 5) is 14.4. The Hall–Kier alpha value is -1.30. The minimum atomic E-state index is -0.416. The fourth-order valence-corrected chi connectivity index (χ4v) is 2.03. The fraction of sp³-hybridized carbons (Fsp3) is 0.500. The van der Waals surface area contributed by atoms with E-state index in [-0.39, 0.29) is 11.7 Å². The second kappa shape index (κ2) is 6.32. The van der Waals surface area contributed by atoms with E-state index in [0.29, 0.717) is 5.82 Å². The number of aromatic nitrogens is 1. The molecule has 1 aromatic heterocycles. The minimum absolute atomic E-state index is 0.0297. The summed E-state index contributed by atoms with van der Waals surface area (Å²) in [6, 6.07) is 3.24. The molecule has 1 N–H and O–H groups in total. The van der Waals surface area contributed by atoms with Crippen molar-refractivity contribution in [1.82, 2.24) is 4.98 Å². The molecule has 1 aromatic rings. The first kappa shape index (κ1) is 12.8. The van der Waals surface area contributed by atoms with Gasteiger partial charge < -0.3 is 5.32 Å². The monoisotopic (exact) mass is 241 g/mol. The normalized spacial score (nSPS) is 12.1. The van der Waals surface area contributed by atoms with Gasteiger partial charge in [0.1, 0.15) is 0 Å². The molecule has 0 radical (unpaired) electrons. The van der Waals surface area contributed by atoms with Crippen LogP contribution in [0.1, 0.15) is 13.3 Å². The molecule has 0 fully saturated rings. The van der Waals surface area contributed by atoms with E-state index in [0.717, 1.165) is 12.2 Å². The fourth-order valence-electron chi connectivity index (χ4n) is 1.31. The van der Waals surface area contributed by atoms with E-state index >= 15 is 0 Å². The van der Waals surface area contributed by atoms with Gasteiger partial charge in [0, 0.05) is 24.1 Å². The van der Waals surface area contributed by atoms with Crippen molar-refractivity contribution >= 4 is 23.3 Å². The van der Waals surface area contributed by atoms with E-state index in [1.807, 2.05) is 13.2 Å². The second-order valence-electron chi connectivity index (χ2n) is 3.33. The van der Waals surface area contributed by atoms with Gasteiger partial charge in [-0.15, -0.1) is 0 Å². The lowest BCUT2D eigenvalue weighted by atomic mass is 10.2. The van der Waals surface area contributed by atoms with Crippen LogP contribution in [0.3, 0.4) is 0 Å². The number of rotatable bonds is 6. The van der Waals surface area contributed by atoms with Crippen molar-refractivity contribution in [1.29, 1.82) is 0 Å². The number of thioether (sulfide) groups is 1. The van der Waals surface area contributed by atoms with Crippen LogP contribution in [-0.4, -0.2) is 28.0 Å². The van der Waals surface area contributed by atoms with Crippen LogP contribution < -0.4 is 5.32 Å². The molecule has 1 rings (SSSR count). The Labute approximate surface area is 98.8 Å². The largest absolute Gasteiger partial charge is 0.361 e. The predicted octanol–water partition coefficient (Wildman–Crippen LogP) is 2.54. The smallest absolute Gasteiger partial charge is 0.311 e. The number of pyridine rings is 1. The molecule has 1 unspecified atom stereocenters. The topological polar surface area (TPSA) is 68.1 Å². The molecule has 88 valence electrons. The molecule has 0 aliphatic heterocycles. The van der Waals surface area contributed by atoms with E-state index in [1.165, 1.54) is 6.07 Å². The molecule has 0 aliphatic rings. The van der Waals surface area contributed by atoms with Crippen LogP contribution in [0.4, 0.5) is 11.5 Å². The third-order valence-corrected chi connectivity index (χ3v) is 2.92. The van der Waals surface area contributed by atoms with E-state index in [2.05, 4.69) is 10.3 Å². The summed E-state index contributed by atoms with van der Waals surface area (Å²) in [5, 5.41) is 13.9. The van der Waals surface area contributed by atoms with Gasteiger partial charge in [-0.05, 0) is 18.7 Å². The first-order chi connectivity index (χ1) is 7.69. The first-order valence-corrected chi connectivity index (χ1v) is 6.43. The van der Waals surface area contributed by atoms with Gasteiger partial charge in [-0.2, -0.15) is 11.8 Å². The standard InChI is InChI=1S/C10H15N3O2S/c1-3-8(7-16-2)12-10-9(13(14)15)5-4-6-11-10/h4-6,8H,3,7H2,1-2H3,(H,11,12). The van der Waals surface area contributed by atoms with E-state index < -0.39 is 4.92 Å². The van der Waals surface area contributed by atoms with Gasteiger partial charge in [0.15, 0.2) is 0 Å². The highest BCUT2D eigenvalue weighted by atomic mass is 32.2. The highest BCUT2D eigenvalue weighted by Gasteiger charge is 2.16. The molecule has 5 nitrogen and oxygen atoms in total. The van der Waals surface area contributed by atoms with E-state index in [9.17, 15) is 10.1 Å². The van der Waals surface area contributed by atoms with Crippen LogP contribution >= 0.6 is 11.8 Å². The zero-order chi connectivity index (χ0) is 12.0. The SMILES string of the molecule is CCC(CSC)Nc1ncccc1[N+](=O)[O-]. The van der Waals surface area contributed by atoms with Gasteiger partial charge in [-0.25, -0.2) is 4.98 Å². The van der Waals surface area contributed by atoms with Crippen LogP contribution in [-0.2, 0) is 0 Å². The highest BCUT2D eigenvalue weighted by molar-refractivity contribution is 7.98. The highest BCUT2D eigenvalue weighted by Crippen LogP contribution is 2.22. The Morgan fingerprint density at radius 3 is 3.00 bits per heavy atom. The first-order valence-electron chi connectivity index (χ1n) is 5.04. The van der Waals surface area contributed by atoms with Gasteiger partial charge in [0.05, 0.1) is 4.92 Å². The molecule has 0 bridgehead atoms. The van der Waals surface area contributed by atoms with Gasteiger partial charge in [0.25, 0.3) is 0 Å². The van der Waals surface area contributed by atoms with Crippen molar-refractivity contribution in [3.63, 3.8) is 0 Å². The lowest BCUT2D eigenvalue weighted by Gasteiger charge is -2.15. The Morgan fingerprint density at radius 2 is 2.44 bits per heavy atom. The summed E-state index contributed by atoms with van der Waals surface area (Å²) in [5.74, 6) is 1.26. The van der Waals surface area contributed by atoms with Crippen molar-refractivity contribution < 1.29 is 4.92 Å². The van der Waals surface area contributed by atoms with Crippen LogP contribution in [0.25, 0.3) is 0 Å². The lowest BCUT2D eigenvalue weighted by molar-refractivity contribution is -0.384. The molecule has 1 atom stereocenters. The average molecular weight is 241 g/mol. The zero-order valence-electron chi connectivity index (χ0n) is 9.34. The van der Waals surface area contributed by atoms with Crippen molar-refractivity contribution in [3.8, 4) is 0 Å². The molecule has 0 aromatic carbocycles. The third-order valence-electron chi connectivity index (χ3n) is 2.18. The molecule has 0 aliphatic carbocycles. The summed E-state index contributed by atoms with van der Waals surface area (Å²) in [5.41, 5.74) is 0.0297. The molecule has 1 heterocycles. The molecule has 6 heteroatoms. The third kappa shape index (κ3) is 3.37. The van der Waals surface area contributed by atoms with E-state index in [1.54, 1.807) is 24.0 Å². The summed E-state index contributed by atoms with van der Waals surface area (Å²) in [7, 11) is 0. The van der Waals surface area contributed by atoms with Crippen LogP contribution in [0.15, 0.2) is 18.3 Å². The Morgan fingerprint density at radius 1 is 1.69 bits per heavy atom. The molecular formula is C10H15N3O2S. The Kier molecular flexibility index (Phi) is 5.04. The van der Waals surface area contributed by atoms with Crippen LogP contribution in [0.5, 0.6) is 0 Å². The van der Waals surface area contributed by atoms with Gasteiger partial charge in [-0.3, -0.25) is 10.1 Å². The zero-order valence-corrected chi connectivity index (χ0v) is 10.2. The summed E-state index contributed by atoms with van der Waals surface area (Å²) in [6.45, 7) is 2.04. The second-order valence-corrected chi connectivity index (χ2v) is 4.24. The number of hydrogen-bond acceptors (Lipinski definition) is 5. The molecule has 0 amide bonds. The van der Waals surface area contributed by atoms with Crippen molar-refractivity contribution in [2.45, 2.75) is 19.4 Å². The molecule has 16 heavy (non-hydrogen) atoms. The predicted molar refractivity (Wildman–Crippen MR) is 67.0 cm³/mol. The van der Waals surface area contributed by atoms with Gasteiger partial charge in [0.2, 0.25) is 5.82 Å². The summed E-state index contributed by atoms with van der Waals surface area (Å²) < 4.78 is 0. The summed E-state index contributed by atoms with van der Waals surface area (Å²) in [6.07, 6.45) is 4.48. The van der Waals surface area contributed by atoms with E-state index in [4.69, 9.17) is 0 Å². The maximum absolute atomic E-state index is 10.8. The number of anilines is 1. The average Bonchev–Trinajstić information content (AvgIpc) is 2.29. The van der Waals surface area contributed by atoms with Crippen LogP contribution in [0.2, 0.25) is 0 Å². The molecule has 0 saturated heterocycles. The maximum Gasteiger partial charge on any atom is 0.311 e. The van der Waals surface area contributed by atoms with Crippen LogP contribution in [0, 0.1) is 10.1 Å². The van der Waals surface area contributed by atoms with Crippen molar-refractivity contribution in [2.75, 3.05) is 17.3 Å². The molecular weight excluding hydrogens is 226 g/mol. The molecule has 0 saturated carbocycles. The number of nitrogens with zero attached hydrogens (tertiary/aromatic N) is 2. The molecule has 0 spiro atoms. The lowest BCUT2D eigenvalue weighted by Crippen LogP contribution is -2.22.